The number of amides is 2. The maximum absolute atomic E-state index is 12.9. The van der Waals surface area contributed by atoms with E-state index < -0.39 is 23.7 Å². The van der Waals surface area contributed by atoms with Crippen molar-refractivity contribution in [1.82, 2.24) is 5.32 Å². The predicted molar refractivity (Wildman–Crippen MR) is 83.5 cm³/mol. The van der Waals surface area contributed by atoms with E-state index in [-0.39, 0.29) is 12.0 Å². The summed E-state index contributed by atoms with van der Waals surface area (Å²) >= 11 is 0. The molecule has 0 radical (unpaired) electrons. The Labute approximate surface area is 133 Å². The van der Waals surface area contributed by atoms with Crippen molar-refractivity contribution in [3.05, 3.63) is 65.5 Å². The minimum absolute atomic E-state index is 0.201. The molecule has 5 nitrogen and oxygen atoms in total. The largest absolute Gasteiger partial charge is 0.496 e. The summed E-state index contributed by atoms with van der Waals surface area (Å²) in [5.74, 6) is -0.994. The number of para-hydroxylation sites is 1. The van der Waals surface area contributed by atoms with Gasteiger partial charge in [-0.25, -0.2) is 4.39 Å². The van der Waals surface area contributed by atoms with Crippen molar-refractivity contribution in [1.29, 1.82) is 0 Å². The summed E-state index contributed by atoms with van der Waals surface area (Å²) in [6, 6.07) is 11.3. The lowest BCUT2D eigenvalue weighted by molar-refractivity contribution is -0.119. The van der Waals surface area contributed by atoms with Gasteiger partial charge in [0.05, 0.1) is 7.11 Å². The molecule has 120 valence electrons. The lowest BCUT2D eigenvalue weighted by atomic mass is 10.0. The molecule has 1 atom stereocenters. The lowest BCUT2D eigenvalue weighted by Gasteiger charge is -2.17. The quantitative estimate of drug-likeness (QED) is 0.850. The summed E-state index contributed by atoms with van der Waals surface area (Å²) in [5, 5.41) is 2.56. The fourth-order valence-electron chi connectivity index (χ4n) is 2.16. The van der Waals surface area contributed by atoms with Crippen LogP contribution in [-0.4, -0.2) is 25.0 Å². The van der Waals surface area contributed by atoms with Gasteiger partial charge in [0, 0.05) is 12.0 Å². The molecule has 0 saturated heterocycles. The molecular formula is C17H17FN2O3. The summed E-state index contributed by atoms with van der Waals surface area (Å²) in [5.41, 5.74) is 6.37. The van der Waals surface area contributed by atoms with Gasteiger partial charge >= 0.3 is 0 Å². The van der Waals surface area contributed by atoms with E-state index in [2.05, 4.69) is 5.32 Å². The van der Waals surface area contributed by atoms with Gasteiger partial charge in [0.15, 0.2) is 0 Å². The average Bonchev–Trinajstić information content (AvgIpc) is 2.55. The second-order valence-electron chi connectivity index (χ2n) is 4.95. The summed E-state index contributed by atoms with van der Waals surface area (Å²) in [4.78, 5) is 23.8. The Bertz CT molecular complexity index is 701. The number of ether oxygens (including phenoxy) is 1. The van der Waals surface area contributed by atoms with Gasteiger partial charge in [0.25, 0.3) is 5.91 Å². The van der Waals surface area contributed by atoms with Crippen molar-refractivity contribution in [3.8, 4) is 5.75 Å². The standard InChI is InChI=1S/C17H17FN2O3/c1-23-15-5-3-2-4-12(15)10-14(16(19)21)20-17(22)11-6-8-13(18)9-7-11/h2-9,14H,10H2,1H3,(H2,19,21)(H,20,22)/t14-/m1/s1. The first-order chi connectivity index (χ1) is 11.0. The van der Waals surface area contributed by atoms with Crippen molar-refractivity contribution in [2.24, 2.45) is 5.73 Å². The minimum Gasteiger partial charge on any atom is -0.496 e. The number of hydrogen-bond acceptors (Lipinski definition) is 3. The highest BCUT2D eigenvalue weighted by atomic mass is 19.1. The number of halogens is 1. The Hall–Kier alpha value is -2.89. The normalized spacial score (nSPS) is 11.6. The molecule has 3 N–H and O–H groups in total. The van der Waals surface area contributed by atoms with E-state index >= 15 is 0 Å². The molecule has 0 aromatic heterocycles. The molecule has 2 amide bonds. The Morgan fingerprint density at radius 3 is 2.43 bits per heavy atom. The molecule has 0 unspecified atom stereocenters. The van der Waals surface area contributed by atoms with E-state index in [1.54, 1.807) is 24.3 Å². The summed E-state index contributed by atoms with van der Waals surface area (Å²) in [6.07, 6.45) is 0.201. The number of rotatable bonds is 6. The number of carbonyl (C=O) groups excluding carboxylic acids is 2. The van der Waals surface area contributed by atoms with Crippen molar-refractivity contribution in [3.63, 3.8) is 0 Å². The molecule has 23 heavy (non-hydrogen) atoms. The Morgan fingerprint density at radius 1 is 1.17 bits per heavy atom. The van der Waals surface area contributed by atoms with E-state index in [1.165, 1.54) is 31.4 Å². The van der Waals surface area contributed by atoms with E-state index in [1.807, 2.05) is 0 Å². The number of nitrogens with one attached hydrogen (secondary N) is 1. The van der Waals surface area contributed by atoms with Crippen LogP contribution in [0.1, 0.15) is 15.9 Å². The molecule has 6 heteroatoms. The summed E-state index contributed by atoms with van der Waals surface area (Å²) in [7, 11) is 1.52. The van der Waals surface area contributed by atoms with Gasteiger partial charge in [-0.3, -0.25) is 9.59 Å². The number of hydrogen-bond donors (Lipinski definition) is 2. The molecule has 0 saturated carbocycles. The highest BCUT2D eigenvalue weighted by Crippen LogP contribution is 2.19. The van der Waals surface area contributed by atoms with Crippen LogP contribution in [0.4, 0.5) is 4.39 Å². The van der Waals surface area contributed by atoms with Crippen molar-refractivity contribution >= 4 is 11.8 Å². The highest BCUT2D eigenvalue weighted by Gasteiger charge is 2.21. The number of methoxy groups -OCH3 is 1. The first-order valence-corrected chi connectivity index (χ1v) is 6.99. The second kappa shape index (κ2) is 7.40. The number of carbonyl (C=O) groups is 2. The number of primary amides is 1. The average molecular weight is 316 g/mol. The first kappa shape index (κ1) is 16.5. The van der Waals surface area contributed by atoms with E-state index in [9.17, 15) is 14.0 Å². The molecule has 2 aromatic carbocycles. The zero-order valence-corrected chi connectivity index (χ0v) is 12.6. The predicted octanol–water partition coefficient (Wildman–Crippen LogP) is 1.66. The molecule has 0 bridgehead atoms. The van der Waals surface area contributed by atoms with E-state index in [0.29, 0.717) is 5.75 Å². The van der Waals surface area contributed by atoms with Gasteiger partial charge in [-0.1, -0.05) is 18.2 Å². The zero-order chi connectivity index (χ0) is 16.8. The van der Waals surface area contributed by atoms with Crippen LogP contribution in [0.5, 0.6) is 5.75 Å². The molecule has 0 spiro atoms. The van der Waals surface area contributed by atoms with Crippen LogP contribution in [0.2, 0.25) is 0 Å². The van der Waals surface area contributed by atoms with Crippen molar-refractivity contribution < 1.29 is 18.7 Å². The lowest BCUT2D eigenvalue weighted by Crippen LogP contribution is -2.45. The number of nitrogens with two attached hydrogens (primary N) is 1. The fourth-order valence-corrected chi connectivity index (χ4v) is 2.16. The molecule has 0 fully saturated rings. The van der Waals surface area contributed by atoms with Gasteiger partial charge in [0.1, 0.15) is 17.6 Å². The van der Waals surface area contributed by atoms with Gasteiger partial charge < -0.3 is 15.8 Å². The van der Waals surface area contributed by atoms with Crippen molar-refractivity contribution in [2.75, 3.05) is 7.11 Å². The minimum atomic E-state index is -0.899. The fraction of sp³-hybridized carbons (Fsp3) is 0.176. The van der Waals surface area contributed by atoms with Crippen LogP contribution in [0.3, 0.4) is 0 Å². The van der Waals surface area contributed by atoms with Gasteiger partial charge in [-0.2, -0.15) is 0 Å². The number of benzene rings is 2. The molecule has 0 aliphatic heterocycles. The molecule has 2 aromatic rings. The molecule has 0 aliphatic carbocycles. The van der Waals surface area contributed by atoms with Gasteiger partial charge in [-0.05, 0) is 35.9 Å². The van der Waals surface area contributed by atoms with Crippen LogP contribution in [0.25, 0.3) is 0 Å². The van der Waals surface area contributed by atoms with Crippen molar-refractivity contribution in [2.45, 2.75) is 12.5 Å². The zero-order valence-electron chi connectivity index (χ0n) is 12.6. The summed E-state index contributed by atoms with van der Waals surface area (Å²) < 4.78 is 18.1. The molecular weight excluding hydrogens is 299 g/mol. The molecule has 0 aliphatic rings. The first-order valence-electron chi connectivity index (χ1n) is 6.99. The molecule has 2 rings (SSSR count). The smallest absolute Gasteiger partial charge is 0.251 e. The van der Waals surface area contributed by atoms with Gasteiger partial charge in [0.2, 0.25) is 5.91 Å². The maximum atomic E-state index is 12.9. The highest BCUT2D eigenvalue weighted by molar-refractivity contribution is 5.97. The maximum Gasteiger partial charge on any atom is 0.251 e. The SMILES string of the molecule is COc1ccccc1C[C@@H](NC(=O)c1ccc(F)cc1)C(N)=O. The monoisotopic (exact) mass is 316 g/mol. The van der Waals surface area contributed by atoms with E-state index in [0.717, 1.165) is 5.56 Å². The third-order valence-corrected chi connectivity index (χ3v) is 3.37. The Morgan fingerprint density at radius 2 is 1.83 bits per heavy atom. The topological polar surface area (TPSA) is 81.4 Å². The third-order valence-electron chi connectivity index (χ3n) is 3.37. The second-order valence-corrected chi connectivity index (χ2v) is 4.95. The van der Waals surface area contributed by atoms with Gasteiger partial charge in [-0.15, -0.1) is 0 Å². The van der Waals surface area contributed by atoms with E-state index in [4.69, 9.17) is 10.5 Å². The Kier molecular flexibility index (Phi) is 5.30. The third kappa shape index (κ3) is 4.29. The van der Waals surface area contributed by atoms with Crippen LogP contribution in [-0.2, 0) is 11.2 Å². The van der Waals surface area contributed by atoms with Crippen LogP contribution >= 0.6 is 0 Å². The van der Waals surface area contributed by atoms with Crippen LogP contribution < -0.4 is 15.8 Å². The molecule has 0 heterocycles. The van der Waals surface area contributed by atoms with Crippen LogP contribution in [0, 0.1) is 5.82 Å². The van der Waals surface area contributed by atoms with Crippen LogP contribution in [0.15, 0.2) is 48.5 Å². The Balaban J connectivity index is 2.14. The summed E-state index contributed by atoms with van der Waals surface area (Å²) in [6.45, 7) is 0.